The van der Waals surface area contributed by atoms with E-state index in [1.165, 1.54) is 0 Å². The molecule has 1 aromatic rings. The lowest BCUT2D eigenvalue weighted by Crippen LogP contribution is -2.21. The van der Waals surface area contributed by atoms with Gasteiger partial charge in [-0.3, -0.25) is 4.90 Å². The first-order chi connectivity index (χ1) is 7.83. The third kappa shape index (κ3) is 2.41. The summed E-state index contributed by atoms with van der Waals surface area (Å²) in [5, 5.41) is 18.1. The zero-order chi connectivity index (χ0) is 11.4. The molecule has 1 fully saturated rings. The summed E-state index contributed by atoms with van der Waals surface area (Å²) in [4.78, 5) is 2.30. The van der Waals surface area contributed by atoms with E-state index >= 15 is 0 Å². The third-order valence-electron chi connectivity index (χ3n) is 3.16. The molecule has 84 valence electrons. The van der Waals surface area contributed by atoms with Crippen LogP contribution in [0.2, 0.25) is 0 Å². The van der Waals surface area contributed by atoms with Crippen molar-refractivity contribution >= 4 is 0 Å². The monoisotopic (exact) mass is 216 g/mol. The van der Waals surface area contributed by atoms with Gasteiger partial charge in [0.1, 0.15) is 0 Å². The van der Waals surface area contributed by atoms with Gasteiger partial charge < -0.3 is 5.11 Å². The second kappa shape index (κ2) is 5.11. The van der Waals surface area contributed by atoms with E-state index in [0.29, 0.717) is 5.92 Å². The zero-order valence-electron chi connectivity index (χ0n) is 9.26. The highest BCUT2D eigenvalue weighted by Gasteiger charge is 2.21. The van der Waals surface area contributed by atoms with Crippen LogP contribution in [0.4, 0.5) is 0 Å². The smallest absolute Gasteiger partial charge is 0.0995 e. The van der Waals surface area contributed by atoms with E-state index in [4.69, 9.17) is 10.4 Å². The molecule has 2 rings (SSSR count). The molecular formula is C13H16N2O. The molecule has 0 spiro atoms. The molecule has 1 N–H and O–H groups in total. The largest absolute Gasteiger partial charge is 0.396 e. The van der Waals surface area contributed by atoms with Crippen LogP contribution in [0.25, 0.3) is 0 Å². The fourth-order valence-corrected chi connectivity index (χ4v) is 2.21. The summed E-state index contributed by atoms with van der Waals surface area (Å²) >= 11 is 0. The van der Waals surface area contributed by atoms with Crippen LogP contribution in [0.15, 0.2) is 24.3 Å². The van der Waals surface area contributed by atoms with Crippen molar-refractivity contribution in [2.24, 2.45) is 5.92 Å². The van der Waals surface area contributed by atoms with Crippen molar-refractivity contribution in [3.05, 3.63) is 35.4 Å². The number of hydrogen-bond acceptors (Lipinski definition) is 3. The standard InChI is InChI=1S/C13H16N2O/c14-7-12-3-1-2-4-13(12)9-15-6-5-11(8-15)10-16/h1-4,11,16H,5-6,8-10H2. The van der Waals surface area contributed by atoms with Crippen molar-refractivity contribution in [1.82, 2.24) is 4.90 Å². The Morgan fingerprint density at radius 3 is 2.94 bits per heavy atom. The molecule has 3 heteroatoms. The summed E-state index contributed by atoms with van der Waals surface area (Å²) in [6, 6.07) is 9.94. The Labute approximate surface area is 95.9 Å². The van der Waals surface area contributed by atoms with Gasteiger partial charge in [0.2, 0.25) is 0 Å². The molecule has 0 bridgehead atoms. The molecule has 0 aromatic heterocycles. The van der Waals surface area contributed by atoms with E-state index in [2.05, 4.69) is 11.0 Å². The van der Waals surface area contributed by atoms with Gasteiger partial charge in [-0.1, -0.05) is 18.2 Å². The maximum Gasteiger partial charge on any atom is 0.0995 e. The van der Waals surface area contributed by atoms with E-state index in [1.807, 2.05) is 24.3 Å². The van der Waals surface area contributed by atoms with Crippen LogP contribution in [-0.4, -0.2) is 29.7 Å². The van der Waals surface area contributed by atoms with E-state index < -0.39 is 0 Å². The Hall–Kier alpha value is -1.37. The molecule has 0 aliphatic carbocycles. The van der Waals surface area contributed by atoms with Gasteiger partial charge in [0.05, 0.1) is 11.6 Å². The Kier molecular flexibility index (Phi) is 3.55. The summed E-state index contributed by atoms with van der Waals surface area (Å²) in [7, 11) is 0. The van der Waals surface area contributed by atoms with Crippen molar-refractivity contribution in [3.8, 4) is 6.07 Å². The molecule has 1 saturated heterocycles. The van der Waals surface area contributed by atoms with Crippen LogP contribution in [0.3, 0.4) is 0 Å². The molecule has 1 aromatic carbocycles. The van der Waals surface area contributed by atoms with Crippen LogP contribution in [-0.2, 0) is 6.54 Å². The van der Waals surface area contributed by atoms with E-state index in [0.717, 1.165) is 37.2 Å². The van der Waals surface area contributed by atoms with Crippen LogP contribution in [0, 0.1) is 17.2 Å². The molecule has 1 atom stereocenters. The first-order valence-corrected chi connectivity index (χ1v) is 5.64. The molecule has 1 aliphatic rings. The summed E-state index contributed by atoms with van der Waals surface area (Å²) in [5.74, 6) is 0.411. The second-order valence-corrected chi connectivity index (χ2v) is 4.34. The maximum absolute atomic E-state index is 9.07. The van der Waals surface area contributed by atoms with Crippen molar-refractivity contribution in [2.75, 3.05) is 19.7 Å². The SMILES string of the molecule is N#Cc1ccccc1CN1CCC(CO)C1. The Bertz CT molecular complexity index is 397. The van der Waals surface area contributed by atoms with Crippen molar-refractivity contribution in [1.29, 1.82) is 5.26 Å². The molecule has 1 heterocycles. The minimum Gasteiger partial charge on any atom is -0.396 e. The number of benzene rings is 1. The van der Waals surface area contributed by atoms with Crippen molar-refractivity contribution < 1.29 is 5.11 Å². The number of aliphatic hydroxyl groups is 1. The van der Waals surface area contributed by atoms with E-state index in [9.17, 15) is 0 Å². The predicted octanol–water partition coefficient (Wildman–Crippen LogP) is 1.37. The number of nitrogens with zero attached hydrogens (tertiary/aromatic N) is 2. The van der Waals surface area contributed by atoms with Gasteiger partial charge >= 0.3 is 0 Å². The Morgan fingerprint density at radius 1 is 1.44 bits per heavy atom. The zero-order valence-corrected chi connectivity index (χ0v) is 9.26. The van der Waals surface area contributed by atoms with E-state index in [1.54, 1.807) is 0 Å². The topological polar surface area (TPSA) is 47.3 Å². The molecule has 1 unspecified atom stereocenters. The van der Waals surface area contributed by atoms with Crippen LogP contribution < -0.4 is 0 Å². The molecule has 3 nitrogen and oxygen atoms in total. The Balaban J connectivity index is 2.02. The number of rotatable bonds is 3. The molecule has 16 heavy (non-hydrogen) atoms. The van der Waals surface area contributed by atoms with E-state index in [-0.39, 0.29) is 6.61 Å². The lowest BCUT2D eigenvalue weighted by molar-refractivity contribution is 0.220. The lowest BCUT2D eigenvalue weighted by atomic mass is 10.1. The quantitative estimate of drug-likeness (QED) is 0.830. The van der Waals surface area contributed by atoms with Gasteiger partial charge in [0.25, 0.3) is 0 Å². The first kappa shape index (κ1) is 11.1. The summed E-state index contributed by atoms with van der Waals surface area (Å²) in [6.07, 6.45) is 1.06. The summed E-state index contributed by atoms with van der Waals surface area (Å²) in [6.45, 7) is 3.05. The Morgan fingerprint density at radius 2 is 2.25 bits per heavy atom. The van der Waals surface area contributed by atoms with Gasteiger partial charge in [-0.2, -0.15) is 5.26 Å². The molecule has 0 saturated carbocycles. The molecule has 0 amide bonds. The predicted molar refractivity (Wildman–Crippen MR) is 61.6 cm³/mol. The molecule has 1 aliphatic heterocycles. The molecule has 0 radical (unpaired) electrons. The third-order valence-corrected chi connectivity index (χ3v) is 3.16. The fraction of sp³-hybridized carbons (Fsp3) is 0.462. The summed E-state index contributed by atoms with van der Waals surface area (Å²) in [5.41, 5.74) is 1.85. The van der Waals surface area contributed by atoms with Gasteiger partial charge in [-0.25, -0.2) is 0 Å². The maximum atomic E-state index is 9.07. The van der Waals surface area contributed by atoms with Crippen LogP contribution in [0.1, 0.15) is 17.5 Å². The second-order valence-electron chi connectivity index (χ2n) is 4.34. The number of likely N-dealkylation sites (tertiary alicyclic amines) is 1. The number of nitriles is 1. The highest BCUT2D eigenvalue weighted by atomic mass is 16.3. The van der Waals surface area contributed by atoms with Crippen molar-refractivity contribution in [3.63, 3.8) is 0 Å². The summed E-state index contributed by atoms with van der Waals surface area (Å²) < 4.78 is 0. The van der Waals surface area contributed by atoms with Crippen LogP contribution >= 0.6 is 0 Å². The first-order valence-electron chi connectivity index (χ1n) is 5.64. The minimum atomic E-state index is 0.274. The van der Waals surface area contributed by atoms with Gasteiger partial charge in [-0.05, 0) is 30.5 Å². The highest BCUT2D eigenvalue weighted by molar-refractivity contribution is 5.37. The van der Waals surface area contributed by atoms with Gasteiger partial charge in [0, 0.05) is 19.7 Å². The van der Waals surface area contributed by atoms with Crippen molar-refractivity contribution in [2.45, 2.75) is 13.0 Å². The lowest BCUT2D eigenvalue weighted by Gasteiger charge is -2.16. The average Bonchev–Trinajstić information content (AvgIpc) is 2.77. The average molecular weight is 216 g/mol. The number of hydrogen-bond donors (Lipinski definition) is 1. The highest BCUT2D eigenvalue weighted by Crippen LogP contribution is 2.19. The van der Waals surface area contributed by atoms with Gasteiger partial charge in [-0.15, -0.1) is 0 Å². The minimum absolute atomic E-state index is 0.274. The van der Waals surface area contributed by atoms with Gasteiger partial charge in [0.15, 0.2) is 0 Å². The molecular weight excluding hydrogens is 200 g/mol. The van der Waals surface area contributed by atoms with Crippen LogP contribution in [0.5, 0.6) is 0 Å². The normalized spacial score (nSPS) is 20.9. The fourth-order valence-electron chi connectivity index (χ4n) is 2.21. The number of aliphatic hydroxyl groups excluding tert-OH is 1.